The van der Waals surface area contributed by atoms with E-state index in [0.717, 1.165) is 46.2 Å². The first-order valence-electron chi connectivity index (χ1n) is 9.95. The van der Waals surface area contributed by atoms with E-state index >= 15 is 0 Å². The Morgan fingerprint density at radius 1 is 1.14 bits per heavy atom. The zero-order valence-electron chi connectivity index (χ0n) is 16.0. The molecule has 1 aliphatic carbocycles. The minimum absolute atomic E-state index is 0.393. The Balaban J connectivity index is 1.48. The van der Waals surface area contributed by atoms with E-state index in [1.807, 2.05) is 47.1 Å². The Morgan fingerprint density at radius 2 is 2.03 bits per heavy atom. The van der Waals surface area contributed by atoms with Gasteiger partial charge in [0.05, 0.1) is 17.3 Å². The second-order valence-electron chi connectivity index (χ2n) is 7.37. The number of hydrogen-bond donors (Lipinski definition) is 0. The van der Waals surface area contributed by atoms with Crippen molar-refractivity contribution < 1.29 is 4.42 Å². The van der Waals surface area contributed by atoms with Gasteiger partial charge in [-0.1, -0.05) is 37.1 Å². The molecule has 0 unspecified atom stereocenters. The molecule has 7 heteroatoms. The molecule has 0 aliphatic heterocycles. The van der Waals surface area contributed by atoms with Crippen molar-refractivity contribution in [3.8, 4) is 17.7 Å². The first kappa shape index (κ1) is 18.1. The van der Waals surface area contributed by atoms with Gasteiger partial charge in [0.15, 0.2) is 10.9 Å². The topological polar surface area (TPSA) is 72.0 Å². The van der Waals surface area contributed by atoms with Gasteiger partial charge in [-0.3, -0.25) is 4.57 Å². The van der Waals surface area contributed by atoms with Crippen LogP contribution in [0.1, 0.15) is 49.3 Å². The van der Waals surface area contributed by atoms with Crippen LogP contribution in [0.5, 0.6) is 0 Å². The Bertz CT molecular complexity index is 1160. The summed E-state index contributed by atoms with van der Waals surface area (Å²) in [5.74, 6) is 2.22. The van der Waals surface area contributed by atoms with Crippen LogP contribution in [0.2, 0.25) is 0 Å². The number of pyridine rings is 1. The normalized spacial score (nSPS) is 15.0. The van der Waals surface area contributed by atoms with Crippen molar-refractivity contribution >= 4 is 17.3 Å². The minimum atomic E-state index is 0.393. The molecule has 5 rings (SSSR count). The van der Waals surface area contributed by atoms with Gasteiger partial charge in [-0.25, -0.2) is 0 Å². The average Bonchev–Trinajstić information content (AvgIpc) is 3.50. The van der Waals surface area contributed by atoms with Crippen molar-refractivity contribution in [2.45, 2.75) is 49.1 Å². The van der Waals surface area contributed by atoms with Crippen LogP contribution in [0.3, 0.4) is 0 Å². The summed E-state index contributed by atoms with van der Waals surface area (Å²) in [6.07, 6.45) is 11.7. The summed E-state index contributed by atoms with van der Waals surface area (Å²) in [5, 5.41) is 19.5. The van der Waals surface area contributed by atoms with E-state index in [2.05, 4.69) is 20.8 Å². The van der Waals surface area contributed by atoms with Crippen LogP contribution in [0.4, 0.5) is 0 Å². The van der Waals surface area contributed by atoms with Crippen LogP contribution in [0.25, 0.3) is 17.1 Å². The van der Waals surface area contributed by atoms with Crippen LogP contribution in [-0.4, -0.2) is 19.2 Å². The number of aromatic nitrogens is 4. The van der Waals surface area contributed by atoms with Gasteiger partial charge in [-0.05, 0) is 42.7 Å². The molecular weight excluding hydrogens is 382 g/mol. The fourth-order valence-electron chi connectivity index (χ4n) is 4.18. The quantitative estimate of drug-likeness (QED) is 0.414. The lowest BCUT2D eigenvalue weighted by molar-refractivity contribution is 0.337. The molecule has 0 N–H and O–H groups in total. The molecule has 146 valence electrons. The highest BCUT2D eigenvalue weighted by molar-refractivity contribution is 7.98. The summed E-state index contributed by atoms with van der Waals surface area (Å²) in [6.45, 7) is 0. The second-order valence-corrected chi connectivity index (χ2v) is 8.31. The smallest absolute Gasteiger partial charge is 0.200 e. The van der Waals surface area contributed by atoms with Gasteiger partial charge >= 0.3 is 0 Å². The molecular formula is C22H21N5OS. The van der Waals surface area contributed by atoms with Crippen LogP contribution >= 0.6 is 11.8 Å². The van der Waals surface area contributed by atoms with Gasteiger partial charge < -0.3 is 8.82 Å². The van der Waals surface area contributed by atoms with E-state index in [0.29, 0.717) is 11.8 Å². The van der Waals surface area contributed by atoms with Crippen molar-refractivity contribution in [1.82, 2.24) is 19.2 Å². The predicted octanol–water partition coefficient (Wildman–Crippen LogP) is 5.46. The summed E-state index contributed by atoms with van der Waals surface area (Å²) in [6, 6.07) is 12.5. The number of nitrogens with zero attached hydrogens (tertiary/aromatic N) is 5. The molecule has 0 aromatic carbocycles. The number of nitriles is 1. The summed E-state index contributed by atoms with van der Waals surface area (Å²) >= 11 is 1.64. The van der Waals surface area contributed by atoms with Gasteiger partial charge in [0.1, 0.15) is 6.07 Å². The lowest BCUT2D eigenvalue weighted by Crippen LogP contribution is -2.15. The Morgan fingerprint density at radius 3 is 2.83 bits per heavy atom. The third kappa shape index (κ3) is 3.34. The molecule has 6 nitrogen and oxygen atoms in total. The molecule has 0 amide bonds. The molecule has 4 aromatic rings. The molecule has 4 heterocycles. The fourth-order valence-corrected chi connectivity index (χ4v) is 5.15. The summed E-state index contributed by atoms with van der Waals surface area (Å²) in [7, 11) is 0. The molecule has 0 saturated heterocycles. The molecule has 0 spiro atoms. The van der Waals surface area contributed by atoms with Crippen LogP contribution in [0, 0.1) is 11.3 Å². The maximum Gasteiger partial charge on any atom is 0.200 e. The van der Waals surface area contributed by atoms with Crippen molar-refractivity contribution in [2.24, 2.45) is 0 Å². The largest absolute Gasteiger partial charge is 0.461 e. The van der Waals surface area contributed by atoms with Crippen molar-refractivity contribution in [1.29, 1.82) is 5.26 Å². The summed E-state index contributed by atoms with van der Waals surface area (Å²) in [4.78, 5) is 0. The summed E-state index contributed by atoms with van der Waals surface area (Å²) in [5.41, 5.74) is 2.69. The first-order valence-corrected chi connectivity index (χ1v) is 10.9. The SMILES string of the molecule is N#Cc1c(CSc2nnc(-c3ccco3)n2C2CCCCC2)cn2ccccc12. The maximum atomic E-state index is 9.67. The van der Waals surface area contributed by atoms with E-state index in [4.69, 9.17) is 4.42 Å². The third-order valence-corrected chi connectivity index (χ3v) is 6.57. The lowest BCUT2D eigenvalue weighted by Gasteiger charge is -2.25. The number of furan rings is 1. The fraction of sp³-hybridized carbons (Fsp3) is 0.318. The molecule has 29 heavy (non-hydrogen) atoms. The first-order chi connectivity index (χ1) is 14.3. The van der Waals surface area contributed by atoms with Crippen LogP contribution < -0.4 is 0 Å². The molecule has 1 fully saturated rings. The highest BCUT2D eigenvalue weighted by atomic mass is 32.2. The van der Waals surface area contributed by atoms with Crippen LogP contribution in [0.15, 0.2) is 58.6 Å². The number of fused-ring (bicyclic) bond motifs is 1. The highest BCUT2D eigenvalue weighted by Crippen LogP contribution is 2.37. The minimum Gasteiger partial charge on any atom is -0.461 e. The molecule has 4 aromatic heterocycles. The monoisotopic (exact) mass is 403 g/mol. The number of rotatable bonds is 5. The zero-order valence-corrected chi connectivity index (χ0v) is 16.8. The Labute approximate surface area is 173 Å². The summed E-state index contributed by atoms with van der Waals surface area (Å²) < 4.78 is 9.89. The van der Waals surface area contributed by atoms with E-state index in [1.54, 1.807) is 18.0 Å². The third-order valence-electron chi connectivity index (χ3n) is 5.58. The van der Waals surface area contributed by atoms with Gasteiger partial charge in [0, 0.05) is 24.2 Å². The molecule has 0 bridgehead atoms. The Kier molecular flexibility index (Phi) is 4.86. The number of hydrogen-bond acceptors (Lipinski definition) is 5. The van der Waals surface area contributed by atoms with Gasteiger partial charge in [-0.15, -0.1) is 10.2 Å². The highest BCUT2D eigenvalue weighted by Gasteiger charge is 2.25. The molecule has 1 aliphatic rings. The van der Waals surface area contributed by atoms with E-state index < -0.39 is 0 Å². The zero-order chi connectivity index (χ0) is 19.6. The van der Waals surface area contributed by atoms with E-state index in [1.165, 1.54) is 19.3 Å². The predicted molar refractivity (Wildman–Crippen MR) is 112 cm³/mol. The van der Waals surface area contributed by atoms with Crippen molar-refractivity contribution in [3.05, 3.63) is 60.1 Å². The molecule has 0 atom stereocenters. The van der Waals surface area contributed by atoms with E-state index in [9.17, 15) is 5.26 Å². The lowest BCUT2D eigenvalue weighted by atomic mass is 9.95. The van der Waals surface area contributed by atoms with E-state index in [-0.39, 0.29) is 0 Å². The standard InChI is InChI=1S/C22H21N5OS/c23-13-18-16(14-26-11-5-4-9-19(18)26)15-29-22-25-24-21(20-10-6-12-28-20)27(22)17-7-2-1-3-8-17/h4-6,9-12,14,17H,1-3,7-8,15H2. The van der Waals surface area contributed by atoms with Crippen molar-refractivity contribution in [3.63, 3.8) is 0 Å². The van der Waals surface area contributed by atoms with Gasteiger partial charge in [0.25, 0.3) is 0 Å². The van der Waals surface area contributed by atoms with Gasteiger partial charge in [-0.2, -0.15) is 5.26 Å². The molecule has 0 radical (unpaired) electrons. The number of thioether (sulfide) groups is 1. The van der Waals surface area contributed by atoms with Crippen LogP contribution in [-0.2, 0) is 5.75 Å². The second kappa shape index (κ2) is 7.80. The maximum absolute atomic E-state index is 9.67. The molecule has 1 saturated carbocycles. The van der Waals surface area contributed by atoms with Gasteiger partial charge in [0.2, 0.25) is 5.82 Å². The van der Waals surface area contributed by atoms with Crippen molar-refractivity contribution in [2.75, 3.05) is 0 Å². The Hall–Kier alpha value is -2.98. The average molecular weight is 404 g/mol.